The van der Waals surface area contributed by atoms with E-state index in [1.807, 2.05) is 47.6 Å². The molecule has 2 saturated heterocycles. The van der Waals surface area contributed by atoms with Gasteiger partial charge in [-0.05, 0) is 79.9 Å². The first kappa shape index (κ1) is 31.1. The molecule has 5 aromatic rings. The summed E-state index contributed by atoms with van der Waals surface area (Å²) in [5, 5.41) is 2.84. The van der Waals surface area contributed by atoms with Gasteiger partial charge in [0.15, 0.2) is 0 Å². The van der Waals surface area contributed by atoms with Gasteiger partial charge < -0.3 is 24.9 Å². The molecular weight excluding hydrogens is 614 g/mol. The van der Waals surface area contributed by atoms with Gasteiger partial charge in [0.1, 0.15) is 23.8 Å². The molecule has 1 saturated carbocycles. The van der Waals surface area contributed by atoms with Crippen molar-refractivity contribution in [3.05, 3.63) is 108 Å². The maximum atomic E-state index is 14.0. The number of benzene rings is 3. The number of carbonyl (C=O) groups is 2. The van der Waals surface area contributed by atoms with Crippen molar-refractivity contribution in [2.24, 2.45) is 0 Å². The number of amides is 2. The maximum Gasteiger partial charge on any atom is 0.408 e. The summed E-state index contributed by atoms with van der Waals surface area (Å²) in [4.78, 5) is 47.2. The molecule has 2 aromatic heterocycles. The number of alkyl carbamates (subject to hydrolysis) is 1. The smallest absolute Gasteiger partial charge is 0.408 e. The van der Waals surface area contributed by atoms with Gasteiger partial charge in [-0.3, -0.25) is 9.69 Å². The lowest BCUT2D eigenvalue weighted by Gasteiger charge is -2.28. The van der Waals surface area contributed by atoms with Crippen molar-refractivity contribution in [2.45, 2.75) is 62.8 Å². The van der Waals surface area contributed by atoms with Crippen molar-refractivity contribution < 1.29 is 14.3 Å². The van der Waals surface area contributed by atoms with Gasteiger partial charge in [0.25, 0.3) is 5.91 Å². The Balaban J connectivity index is 0.948. The van der Waals surface area contributed by atoms with Gasteiger partial charge in [0.05, 0.1) is 35.9 Å². The molecule has 3 aliphatic rings. The average molecular weight is 656 g/mol. The molecule has 2 aliphatic heterocycles. The number of H-pyrrole nitrogens is 2. The summed E-state index contributed by atoms with van der Waals surface area (Å²) in [5.41, 5.74) is 7.06. The second kappa shape index (κ2) is 13.4. The predicted molar refractivity (Wildman–Crippen MR) is 187 cm³/mol. The van der Waals surface area contributed by atoms with Crippen LogP contribution in [0.3, 0.4) is 0 Å². The number of nitrogens with zero attached hydrogens (tertiary/aromatic N) is 4. The van der Waals surface area contributed by atoms with E-state index in [0.717, 1.165) is 89.5 Å². The zero-order chi connectivity index (χ0) is 33.3. The third kappa shape index (κ3) is 6.61. The van der Waals surface area contributed by atoms with Gasteiger partial charge in [0.2, 0.25) is 0 Å². The topological polar surface area (TPSA) is 119 Å². The van der Waals surface area contributed by atoms with Gasteiger partial charge in [-0.25, -0.2) is 14.8 Å². The number of nitrogens with one attached hydrogen (secondary N) is 3. The molecule has 10 heteroatoms. The van der Waals surface area contributed by atoms with Crippen LogP contribution in [0.25, 0.3) is 33.6 Å². The number of hydrogen-bond donors (Lipinski definition) is 3. The van der Waals surface area contributed by atoms with Crippen LogP contribution in [0, 0.1) is 0 Å². The van der Waals surface area contributed by atoms with Crippen LogP contribution in [0.5, 0.6) is 0 Å². The fourth-order valence-electron chi connectivity index (χ4n) is 7.15. The molecule has 4 heterocycles. The molecule has 2 amide bonds. The minimum Gasteiger partial charge on any atom is -0.446 e. The van der Waals surface area contributed by atoms with E-state index in [1.165, 1.54) is 6.42 Å². The summed E-state index contributed by atoms with van der Waals surface area (Å²) in [6.45, 7) is 1.71. The fourth-order valence-corrected chi connectivity index (χ4v) is 7.15. The Kier molecular flexibility index (Phi) is 8.47. The molecule has 10 nitrogen and oxygen atoms in total. The average Bonchev–Trinajstić information content (AvgIpc) is 3.62. The third-order valence-corrected chi connectivity index (χ3v) is 10.0. The van der Waals surface area contributed by atoms with Crippen LogP contribution in [0.2, 0.25) is 0 Å². The Morgan fingerprint density at radius 2 is 1.29 bits per heavy atom. The molecular formula is C39H41N7O3. The Morgan fingerprint density at radius 1 is 0.735 bits per heavy atom. The number of rotatable bonds is 9. The minimum absolute atomic E-state index is 0.0489. The number of ether oxygens (including phenoxy) is 1. The molecule has 3 atom stereocenters. The summed E-state index contributed by atoms with van der Waals surface area (Å²) < 4.78 is 5.43. The molecule has 8 rings (SSSR count). The monoisotopic (exact) mass is 655 g/mol. The van der Waals surface area contributed by atoms with Crippen LogP contribution in [0.15, 0.2) is 91.3 Å². The first-order valence-electron chi connectivity index (χ1n) is 17.3. The van der Waals surface area contributed by atoms with Crippen molar-refractivity contribution >= 4 is 12.0 Å². The molecule has 49 heavy (non-hydrogen) atoms. The van der Waals surface area contributed by atoms with Gasteiger partial charge >= 0.3 is 6.09 Å². The van der Waals surface area contributed by atoms with Crippen LogP contribution in [0.4, 0.5) is 4.79 Å². The van der Waals surface area contributed by atoms with Gasteiger partial charge in [-0.2, -0.15) is 0 Å². The SMILES string of the molecule is CN1CCCC1c1ncc(-c2ccc(-c3ccc(-c4cnc(C5CCCN5C(=O)C(NC(=O)OC5CC5)c5ccccc5)[nH]4)cc3)cc2)[nH]1. The lowest BCUT2D eigenvalue weighted by atomic mass is 10.0. The van der Waals surface area contributed by atoms with Gasteiger partial charge in [0, 0.05) is 6.54 Å². The minimum atomic E-state index is -0.833. The number of aromatic nitrogens is 4. The first-order valence-corrected chi connectivity index (χ1v) is 17.3. The molecule has 3 fully saturated rings. The van der Waals surface area contributed by atoms with Gasteiger partial charge in [-0.15, -0.1) is 0 Å². The molecule has 0 spiro atoms. The van der Waals surface area contributed by atoms with Crippen LogP contribution < -0.4 is 5.32 Å². The normalized spacial score (nSPS) is 20.0. The van der Waals surface area contributed by atoms with Crippen molar-refractivity contribution in [2.75, 3.05) is 20.1 Å². The summed E-state index contributed by atoms with van der Waals surface area (Å²) in [6.07, 6.45) is 8.91. The van der Waals surface area contributed by atoms with Crippen molar-refractivity contribution in [1.82, 2.24) is 35.1 Å². The van der Waals surface area contributed by atoms with Crippen molar-refractivity contribution in [3.8, 4) is 33.6 Å². The highest BCUT2D eigenvalue weighted by molar-refractivity contribution is 5.87. The Bertz CT molecular complexity index is 1910. The molecule has 1 aliphatic carbocycles. The summed E-state index contributed by atoms with van der Waals surface area (Å²) in [5.74, 6) is 1.63. The highest BCUT2D eigenvalue weighted by Gasteiger charge is 2.38. The second-order valence-electron chi connectivity index (χ2n) is 13.4. The molecule has 3 unspecified atom stereocenters. The quantitative estimate of drug-likeness (QED) is 0.155. The van der Waals surface area contributed by atoms with E-state index >= 15 is 0 Å². The Hall–Kier alpha value is -5.22. The zero-order valence-electron chi connectivity index (χ0n) is 27.6. The predicted octanol–water partition coefficient (Wildman–Crippen LogP) is 7.19. The fraction of sp³-hybridized carbons (Fsp3) is 0.333. The van der Waals surface area contributed by atoms with E-state index in [0.29, 0.717) is 12.6 Å². The van der Waals surface area contributed by atoms with E-state index in [9.17, 15) is 9.59 Å². The zero-order valence-corrected chi connectivity index (χ0v) is 27.6. The van der Waals surface area contributed by atoms with Crippen LogP contribution in [-0.4, -0.2) is 68.0 Å². The van der Waals surface area contributed by atoms with Crippen LogP contribution in [0.1, 0.15) is 73.9 Å². The van der Waals surface area contributed by atoms with Crippen molar-refractivity contribution in [1.29, 1.82) is 0 Å². The first-order chi connectivity index (χ1) is 24.0. The number of likely N-dealkylation sites (tertiary alicyclic amines) is 2. The maximum absolute atomic E-state index is 14.0. The van der Waals surface area contributed by atoms with E-state index < -0.39 is 12.1 Å². The highest BCUT2D eigenvalue weighted by atomic mass is 16.6. The molecule has 0 bridgehead atoms. The number of imidazole rings is 2. The Morgan fingerprint density at radius 3 is 1.86 bits per heavy atom. The van der Waals surface area contributed by atoms with Crippen LogP contribution in [-0.2, 0) is 9.53 Å². The van der Waals surface area contributed by atoms with Crippen LogP contribution >= 0.6 is 0 Å². The highest BCUT2D eigenvalue weighted by Crippen LogP contribution is 2.35. The van der Waals surface area contributed by atoms with Crippen molar-refractivity contribution in [3.63, 3.8) is 0 Å². The molecule has 250 valence electrons. The summed E-state index contributed by atoms with van der Waals surface area (Å²) >= 11 is 0. The molecule has 0 radical (unpaired) electrons. The van der Waals surface area contributed by atoms with E-state index in [1.54, 1.807) is 0 Å². The second-order valence-corrected chi connectivity index (χ2v) is 13.4. The lowest BCUT2D eigenvalue weighted by Crippen LogP contribution is -2.43. The third-order valence-electron chi connectivity index (χ3n) is 10.0. The van der Waals surface area contributed by atoms with E-state index in [2.05, 4.69) is 80.7 Å². The molecule has 3 aromatic carbocycles. The Labute approximate surface area is 285 Å². The lowest BCUT2D eigenvalue weighted by molar-refractivity contribution is -0.134. The number of aromatic amines is 2. The number of hydrogen-bond acceptors (Lipinski definition) is 6. The largest absolute Gasteiger partial charge is 0.446 e. The molecule has 3 N–H and O–H groups in total. The standard InChI is InChI=1S/C39H41N7O3/c1-45-21-5-9-33(45)36-40-23-31(42-36)27-15-11-25(12-16-27)26-13-17-28(18-14-26)32-24-41-37(43-32)34-10-6-22-46(34)38(47)35(29-7-3-2-4-8-29)44-39(48)49-30-19-20-30/h2-4,7-8,11-18,23-24,30,33-35H,5-6,9-10,19-22H2,1H3,(H,40,42)(H,41,43)(H,44,48). The summed E-state index contributed by atoms with van der Waals surface area (Å²) in [7, 11) is 2.16. The van der Waals surface area contributed by atoms with Gasteiger partial charge in [-0.1, -0.05) is 78.9 Å². The number of carbonyl (C=O) groups excluding carboxylic acids is 2. The van der Waals surface area contributed by atoms with E-state index in [4.69, 9.17) is 9.72 Å². The van der Waals surface area contributed by atoms with E-state index in [-0.39, 0.29) is 18.1 Å². The summed E-state index contributed by atoms with van der Waals surface area (Å²) in [6, 6.07) is 25.7.